The lowest BCUT2D eigenvalue weighted by atomic mass is 10.0. The van der Waals surface area contributed by atoms with Crippen LogP contribution in [0.25, 0.3) is 0 Å². The van der Waals surface area contributed by atoms with Gasteiger partial charge in [-0.1, -0.05) is 30.3 Å². The van der Waals surface area contributed by atoms with Gasteiger partial charge in [-0.15, -0.1) is 10.2 Å². The van der Waals surface area contributed by atoms with Gasteiger partial charge >= 0.3 is 0 Å². The van der Waals surface area contributed by atoms with Crippen molar-refractivity contribution in [1.82, 2.24) is 25.9 Å². The number of rotatable bonds is 5. The predicted octanol–water partition coefficient (Wildman–Crippen LogP) is 0.162. The number of carbonyl (C=O) groups is 2. The van der Waals surface area contributed by atoms with Crippen molar-refractivity contribution in [2.45, 2.75) is 25.3 Å². The van der Waals surface area contributed by atoms with Crippen molar-refractivity contribution in [2.24, 2.45) is 16.8 Å². The largest absolute Gasteiger partial charge is 0.337 e. The van der Waals surface area contributed by atoms with E-state index in [1.165, 1.54) is 0 Å². The molecule has 11 nitrogen and oxygen atoms in total. The van der Waals surface area contributed by atoms with Gasteiger partial charge in [-0.25, -0.2) is 5.84 Å². The summed E-state index contributed by atoms with van der Waals surface area (Å²) in [7, 11) is 0. The first-order chi connectivity index (χ1) is 15.6. The second kappa shape index (κ2) is 9.27. The average molecular weight is 433 g/mol. The third-order valence-electron chi connectivity index (χ3n) is 5.19. The number of benzene rings is 2. The fourth-order valence-electron chi connectivity index (χ4n) is 3.55. The summed E-state index contributed by atoms with van der Waals surface area (Å²) in [5.41, 5.74) is 5.72. The molecule has 0 bridgehead atoms. The Morgan fingerprint density at radius 2 is 2.00 bits per heavy atom. The van der Waals surface area contributed by atoms with Crippen LogP contribution in [0.15, 0.2) is 53.6 Å². The van der Waals surface area contributed by atoms with Gasteiger partial charge < -0.3 is 26.9 Å². The monoisotopic (exact) mass is 433 g/mol. The Morgan fingerprint density at radius 3 is 2.75 bits per heavy atom. The number of nitrogens with one attached hydrogen (secondary N) is 4. The van der Waals surface area contributed by atoms with E-state index in [9.17, 15) is 9.59 Å². The zero-order valence-electron chi connectivity index (χ0n) is 17.1. The number of amides is 2. The Kier molecular flexibility index (Phi) is 6.08. The molecule has 0 saturated carbocycles. The Labute approximate surface area is 183 Å². The molecule has 2 amide bonds. The maximum Gasteiger partial charge on any atom is 0.289 e. The summed E-state index contributed by atoms with van der Waals surface area (Å²) in [5.74, 6) is 10.9. The minimum atomic E-state index is -0.726. The van der Waals surface area contributed by atoms with Gasteiger partial charge in [-0.05, 0) is 42.2 Å². The molecule has 0 aliphatic carbocycles. The standard InChI is InChI=1S/C21H23N9O2/c22-27-18(28-23)14-7-8-15-13(11-14)6-9-16(20(31)24-15)25-21(32)19-26-17(29-30-19)10-12-4-2-1-3-5-12/h1-5,7-8,11,16H,6,9-10,22-23H2,(H,24,31)(H,25,32)(H,27,28)(H,26,29,30)/t16-/m0/s1. The molecule has 32 heavy (non-hydrogen) atoms. The molecule has 0 spiro atoms. The molecule has 1 aliphatic heterocycles. The van der Waals surface area contributed by atoms with Gasteiger partial charge in [0, 0.05) is 17.7 Å². The van der Waals surface area contributed by atoms with E-state index in [-0.39, 0.29) is 11.7 Å². The zero-order valence-corrected chi connectivity index (χ0v) is 17.1. The van der Waals surface area contributed by atoms with E-state index in [0.29, 0.717) is 42.2 Å². The molecule has 1 aliphatic rings. The first-order valence-electron chi connectivity index (χ1n) is 10.0. The summed E-state index contributed by atoms with van der Waals surface area (Å²) in [6.07, 6.45) is 1.48. The zero-order chi connectivity index (χ0) is 22.5. The fourth-order valence-corrected chi connectivity index (χ4v) is 3.55. The highest BCUT2D eigenvalue weighted by molar-refractivity contribution is 6.02. The van der Waals surface area contributed by atoms with Gasteiger partial charge in [0.25, 0.3) is 5.91 Å². The number of hydrazine groups is 1. The van der Waals surface area contributed by atoms with Crippen molar-refractivity contribution in [1.29, 1.82) is 0 Å². The topological polar surface area (TPSA) is 176 Å². The van der Waals surface area contributed by atoms with Crippen molar-refractivity contribution in [3.8, 4) is 0 Å². The number of carbonyl (C=O) groups excluding carboxylic acids is 2. The molecule has 3 aromatic rings. The van der Waals surface area contributed by atoms with Crippen LogP contribution in [-0.2, 0) is 17.6 Å². The van der Waals surface area contributed by atoms with Gasteiger partial charge in [0.15, 0.2) is 5.84 Å². The minimum absolute atomic E-state index is 0.0607. The van der Waals surface area contributed by atoms with Crippen LogP contribution in [0.4, 0.5) is 5.69 Å². The van der Waals surface area contributed by atoms with Crippen molar-refractivity contribution < 1.29 is 9.59 Å². The number of hydrogen-bond acceptors (Lipinski definition) is 7. The maximum absolute atomic E-state index is 12.7. The summed E-state index contributed by atoms with van der Waals surface area (Å²) in [6.45, 7) is 0. The first kappa shape index (κ1) is 21.0. The van der Waals surface area contributed by atoms with E-state index in [1.54, 1.807) is 12.1 Å². The third-order valence-corrected chi connectivity index (χ3v) is 5.19. The number of amidine groups is 1. The number of nitrogens with zero attached hydrogens (tertiary/aromatic N) is 3. The van der Waals surface area contributed by atoms with E-state index < -0.39 is 11.9 Å². The van der Waals surface area contributed by atoms with E-state index in [1.807, 2.05) is 36.4 Å². The van der Waals surface area contributed by atoms with Gasteiger partial charge in [-0.3, -0.25) is 9.59 Å². The molecule has 2 aromatic carbocycles. The number of aryl methyl sites for hydroxylation is 1. The summed E-state index contributed by atoms with van der Waals surface area (Å²) >= 11 is 0. The van der Waals surface area contributed by atoms with Crippen molar-refractivity contribution in [3.05, 3.63) is 76.9 Å². The van der Waals surface area contributed by atoms with E-state index in [0.717, 1.165) is 11.1 Å². The SMILES string of the molecule is N/N=C(\NN)c1ccc2c(c1)CC[C@H](NC(=O)c1nnc(Cc3ccccc3)[nH]1)C(=O)N2. The van der Waals surface area contributed by atoms with Crippen molar-refractivity contribution in [2.75, 3.05) is 5.32 Å². The molecule has 1 aromatic heterocycles. The number of H-pyrrole nitrogens is 1. The molecule has 0 fully saturated rings. The molecular weight excluding hydrogens is 410 g/mol. The molecule has 1 atom stereocenters. The second-order valence-electron chi connectivity index (χ2n) is 7.33. The Hall–Kier alpha value is -4.25. The smallest absolute Gasteiger partial charge is 0.289 e. The van der Waals surface area contributed by atoms with Crippen molar-refractivity contribution >= 4 is 23.3 Å². The quantitative estimate of drug-likeness (QED) is 0.144. The number of fused-ring (bicyclic) bond motifs is 1. The van der Waals surface area contributed by atoms with Crippen LogP contribution in [-0.4, -0.2) is 38.9 Å². The van der Waals surface area contributed by atoms with Crippen molar-refractivity contribution in [3.63, 3.8) is 0 Å². The van der Waals surface area contributed by atoms with Gasteiger partial charge in [-0.2, -0.15) is 5.10 Å². The van der Waals surface area contributed by atoms with E-state index in [4.69, 9.17) is 11.7 Å². The van der Waals surface area contributed by atoms with Crippen LogP contribution in [0, 0.1) is 0 Å². The van der Waals surface area contributed by atoms with Gasteiger partial charge in [0.05, 0.1) is 0 Å². The highest BCUT2D eigenvalue weighted by atomic mass is 16.2. The maximum atomic E-state index is 12.7. The van der Waals surface area contributed by atoms with Crippen LogP contribution in [0.1, 0.15) is 39.6 Å². The second-order valence-corrected chi connectivity index (χ2v) is 7.33. The Balaban J connectivity index is 1.42. The number of nitrogens with two attached hydrogens (primary N) is 2. The van der Waals surface area contributed by atoms with Crippen LogP contribution in [0.2, 0.25) is 0 Å². The highest BCUT2D eigenvalue weighted by Crippen LogP contribution is 2.23. The summed E-state index contributed by atoms with van der Waals surface area (Å²) < 4.78 is 0. The van der Waals surface area contributed by atoms with Crippen LogP contribution in [0.3, 0.4) is 0 Å². The predicted molar refractivity (Wildman–Crippen MR) is 118 cm³/mol. The number of aromatic amines is 1. The molecule has 8 N–H and O–H groups in total. The number of hydrazone groups is 1. The third kappa shape index (κ3) is 4.57. The first-order valence-corrected chi connectivity index (χ1v) is 10.0. The molecule has 2 heterocycles. The van der Waals surface area contributed by atoms with Crippen LogP contribution in [0.5, 0.6) is 0 Å². The lowest BCUT2D eigenvalue weighted by molar-refractivity contribution is -0.118. The molecule has 0 radical (unpaired) electrons. The molecule has 0 saturated heterocycles. The number of anilines is 1. The van der Waals surface area contributed by atoms with Gasteiger partial charge in [0.1, 0.15) is 11.9 Å². The highest BCUT2D eigenvalue weighted by Gasteiger charge is 2.27. The summed E-state index contributed by atoms with van der Waals surface area (Å²) in [4.78, 5) is 28.2. The summed E-state index contributed by atoms with van der Waals surface area (Å²) in [5, 5.41) is 17.1. The van der Waals surface area contributed by atoms with Crippen LogP contribution >= 0.6 is 0 Å². The number of aromatic nitrogens is 3. The average Bonchev–Trinajstić information content (AvgIpc) is 3.21. The normalized spacial score (nSPS) is 16.0. The lowest BCUT2D eigenvalue weighted by Crippen LogP contribution is -2.43. The Bertz CT molecular complexity index is 1160. The van der Waals surface area contributed by atoms with E-state index in [2.05, 4.69) is 36.3 Å². The molecule has 0 unspecified atom stereocenters. The molecule has 11 heteroatoms. The van der Waals surface area contributed by atoms with E-state index >= 15 is 0 Å². The van der Waals surface area contributed by atoms with Gasteiger partial charge in [0.2, 0.25) is 11.7 Å². The molecule has 4 rings (SSSR count). The molecule has 164 valence electrons. The fraction of sp³-hybridized carbons (Fsp3) is 0.190. The number of hydrogen-bond donors (Lipinski definition) is 6. The Morgan fingerprint density at radius 1 is 1.19 bits per heavy atom. The minimum Gasteiger partial charge on any atom is -0.337 e. The lowest BCUT2D eigenvalue weighted by Gasteiger charge is -2.14. The van der Waals surface area contributed by atoms with Crippen LogP contribution < -0.4 is 27.7 Å². The summed E-state index contributed by atoms with van der Waals surface area (Å²) in [6, 6.07) is 14.3. The molecular formula is C21H23N9O2.